The van der Waals surface area contributed by atoms with Gasteiger partial charge >= 0.3 is 5.97 Å². The fourth-order valence-electron chi connectivity index (χ4n) is 3.67. The Kier molecular flexibility index (Phi) is 7.42. The molecule has 3 heterocycles. The summed E-state index contributed by atoms with van der Waals surface area (Å²) in [5.74, 6) is -0.797. The van der Waals surface area contributed by atoms with E-state index >= 15 is 0 Å². The molecule has 2 aromatic rings. The quantitative estimate of drug-likeness (QED) is 0.646. The van der Waals surface area contributed by atoms with Crippen molar-refractivity contribution in [2.45, 2.75) is 46.6 Å². The van der Waals surface area contributed by atoms with Crippen LogP contribution in [0.1, 0.15) is 48.3 Å². The molecule has 10 heteroatoms. The van der Waals surface area contributed by atoms with Gasteiger partial charge in [-0.2, -0.15) is 0 Å². The molecule has 31 heavy (non-hydrogen) atoms. The van der Waals surface area contributed by atoms with Crippen LogP contribution in [-0.2, 0) is 20.9 Å². The second kappa shape index (κ2) is 10.0. The number of thiophene rings is 1. The summed E-state index contributed by atoms with van der Waals surface area (Å²) in [4.78, 5) is 56.9. The number of fused-ring (bicyclic) bond motifs is 1. The van der Waals surface area contributed by atoms with E-state index in [-0.39, 0.29) is 35.8 Å². The van der Waals surface area contributed by atoms with Crippen LogP contribution in [-0.4, -0.2) is 58.5 Å². The molecule has 0 aromatic carbocycles. The molecule has 9 nitrogen and oxygen atoms in total. The highest BCUT2D eigenvalue weighted by molar-refractivity contribution is 7.20. The molecule has 1 aliphatic rings. The third kappa shape index (κ3) is 4.95. The molecule has 1 aliphatic heterocycles. The highest BCUT2D eigenvalue weighted by Gasteiger charge is 2.30. The summed E-state index contributed by atoms with van der Waals surface area (Å²) in [6.07, 6.45) is 3.29. The molecule has 0 saturated carbocycles. The van der Waals surface area contributed by atoms with E-state index in [4.69, 9.17) is 4.74 Å². The smallest absolute Gasteiger partial charge is 0.309 e. The van der Waals surface area contributed by atoms with E-state index in [1.165, 1.54) is 22.2 Å². The fraction of sp³-hybridized carbons (Fsp3) is 0.571. The van der Waals surface area contributed by atoms with Crippen LogP contribution in [0.3, 0.4) is 0 Å². The van der Waals surface area contributed by atoms with E-state index in [1.807, 2.05) is 6.92 Å². The number of aryl methyl sites for hydroxylation is 1. The molecule has 0 radical (unpaired) electrons. The first-order chi connectivity index (χ1) is 14.9. The number of esters is 1. The molecule has 3 rings (SSSR count). The fourth-order valence-corrected chi connectivity index (χ4v) is 4.78. The van der Waals surface area contributed by atoms with Gasteiger partial charge in [0.25, 0.3) is 11.5 Å². The van der Waals surface area contributed by atoms with E-state index in [0.717, 1.165) is 6.42 Å². The first-order valence-corrected chi connectivity index (χ1v) is 11.4. The lowest BCUT2D eigenvalue weighted by Crippen LogP contribution is -2.40. The standard InChI is InChI=1S/C21H28N4O5S/c1-4-8-22-15(26)11-25-12-23-18-16(19(25)27)13(3)17(31-18)20(28)24-9-6-14(7-10-24)21(29)30-5-2/h12,14H,4-11H2,1-3H3,(H,22,26). The van der Waals surface area contributed by atoms with E-state index in [9.17, 15) is 19.2 Å². The van der Waals surface area contributed by atoms with Crippen molar-refractivity contribution in [1.82, 2.24) is 19.8 Å². The number of rotatable bonds is 7. The third-order valence-corrected chi connectivity index (χ3v) is 6.59. The van der Waals surface area contributed by atoms with Crippen molar-refractivity contribution in [3.05, 3.63) is 27.1 Å². The number of amides is 2. The van der Waals surface area contributed by atoms with Gasteiger partial charge in [0, 0.05) is 19.6 Å². The molecule has 168 valence electrons. The monoisotopic (exact) mass is 448 g/mol. The lowest BCUT2D eigenvalue weighted by atomic mass is 9.97. The Morgan fingerprint density at radius 2 is 1.97 bits per heavy atom. The van der Waals surface area contributed by atoms with Crippen molar-refractivity contribution in [3.8, 4) is 0 Å². The first-order valence-electron chi connectivity index (χ1n) is 10.6. The predicted molar refractivity (Wildman–Crippen MR) is 117 cm³/mol. The topological polar surface area (TPSA) is 111 Å². The van der Waals surface area contributed by atoms with Crippen LogP contribution in [0.25, 0.3) is 10.2 Å². The molecular weight excluding hydrogens is 420 g/mol. The van der Waals surface area contributed by atoms with Crippen molar-refractivity contribution in [3.63, 3.8) is 0 Å². The molecule has 0 aliphatic carbocycles. The summed E-state index contributed by atoms with van der Waals surface area (Å²) in [5.41, 5.74) is 0.254. The van der Waals surface area contributed by atoms with Gasteiger partial charge in [0.1, 0.15) is 11.4 Å². The zero-order valence-corrected chi connectivity index (χ0v) is 18.9. The van der Waals surface area contributed by atoms with Crippen molar-refractivity contribution in [1.29, 1.82) is 0 Å². The van der Waals surface area contributed by atoms with Crippen LogP contribution in [0.4, 0.5) is 0 Å². The van der Waals surface area contributed by atoms with E-state index in [1.54, 1.807) is 18.7 Å². The highest BCUT2D eigenvalue weighted by atomic mass is 32.1. The molecule has 2 amide bonds. The molecule has 0 bridgehead atoms. The number of nitrogens with zero attached hydrogens (tertiary/aromatic N) is 3. The minimum Gasteiger partial charge on any atom is -0.466 e. The van der Waals surface area contributed by atoms with Crippen molar-refractivity contribution >= 4 is 39.3 Å². The summed E-state index contributed by atoms with van der Waals surface area (Å²) in [6, 6.07) is 0. The molecule has 1 saturated heterocycles. The molecule has 0 unspecified atom stereocenters. The molecule has 1 fully saturated rings. The Hall–Kier alpha value is -2.75. The second-order valence-corrected chi connectivity index (χ2v) is 8.58. The minimum atomic E-state index is -0.328. The van der Waals surface area contributed by atoms with Crippen LogP contribution < -0.4 is 10.9 Å². The van der Waals surface area contributed by atoms with Crippen LogP contribution >= 0.6 is 11.3 Å². The summed E-state index contributed by atoms with van der Waals surface area (Å²) in [7, 11) is 0. The minimum absolute atomic E-state index is 0.109. The Bertz CT molecular complexity index is 1040. The third-order valence-electron chi connectivity index (χ3n) is 5.40. The van der Waals surface area contributed by atoms with E-state index in [0.29, 0.717) is 59.7 Å². The lowest BCUT2D eigenvalue weighted by molar-refractivity contribution is -0.149. The summed E-state index contributed by atoms with van der Waals surface area (Å²) in [6.45, 7) is 7.18. The van der Waals surface area contributed by atoms with Gasteiger partial charge in [-0.25, -0.2) is 4.98 Å². The average Bonchev–Trinajstić information content (AvgIpc) is 3.11. The number of likely N-dealkylation sites (tertiary alicyclic amines) is 1. The number of carbonyl (C=O) groups is 3. The Labute approximate surface area is 184 Å². The van der Waals surface area contributed by atoms with Crippen LogP contribution in [0.15, 0.2) is 11.1 Å². The van der Waals surface area contributed by atoms with Gasteiger partial charge in [-0.3, -0.25) is 23.7 Å². The van der Waals surface area contributed by atoms with Gasteiger partial charge in [-0.1, -0.05) is 6.92 Å². The van der Waals surface area contributed by atoms with Crippen LogP contribution in [0.2, 0.25) is 0 Å². The first kappa shape index (κ1) is 22.9. The number of piperidine rings is 1. The maximum atomic E-state index is 13.1. The largest absolute Gasteiger partial charge is 0.466 e. The van der Waals surface area contributed by atoms with Crippen molar-refractivity contribution in [2.24, 2.45) is 5.92 Å². The number of aromatic nitrogens is 2. The zero-order valence-electron chi connectivity index (χ0n) is 18.1. The number of ether oxygens (including phenoxy) is 1. The molecule has 0 spiro atoms. The van der Waals surface area contributed by atoms with Gasteiger partial charge < -0.3 is 15.0 Å². The maximum absolute atomic E-state index is 13.1. The number of hydrogen-bond donors (Lipinski definition) is 1. The van der Waals surface area contributed by atoms with Crippen LogP contribution in [0, 0.1) is 12.8 Å². The number of nitrogens with one attached hydrogen (secondary N) is 1. The SMILES string of the molecule is CCCNC(=O)Cn1cnc2sc(C(=O)N3CCC(C(=O)OCC)CC3)c(C)c2c1=O. The van der Waals surface area contributed by atoms with Crippen molar-refractivity contribution in [2.75, 3.05) is 26.2 Å². The van der Waals surface area contributed by atoms with Crippen LogP contribution in [0.5, 0.6) is 0 Å². The van der Waals surface area contributed by atoms with E-state index < -0.39 is 0 Å². The Balaban J connectivity index is 1.77. The number of hydrogen-bond acceptors (Lipinski definition) is 7. The Morgan fingerprint density at radius 3 is 2.61 bits per heavy atom. The van der Waals surface area contributed by atoms with E-state index in [2.05, 4.69) is 10.3 Å². The molecule has 0 atom stereocenters. The maximum Gasteiger partial charge on any atom is 0.309 e. The molecule has 1 N–H and O–H groups in total. The predicted octanol–water partition coefficient (Wildman–Crippen LogP) is 1.71. The van der Waals surface area contributed by atoms with Gasteiger partial charge in [0.15, 0.2) is 0 Å². The Morgan fingerprint density at radius 1 is 1.26 bits per heavy atom. The zero-order chi connectivity index (χ0) is 22.5. The highest BCUT2D eigenvalue weighted by Crippen LogP contribution is 2.29. The van der Waals surface area contributed by atoms with Gasteiger partial charge in [0.05, 0.1) is 29.1 Å². The summed E-state index contributed by atoms with van der Waals surface area (Å²) < 4.78 is 6.35. The van der Waals surface area contributed by atoms with Gasteiger partial charge in [-0.15, -0.1) is 11.3 Å². The second-order valence-electron chi connectivity index (χ2n) is 7.58. The summed E-state index contributed by atoms with van der Waals surface area (Å²) >= 11 is 1.19. The number of carbonyl (C=O) groups excluding carboxylic acids is 3. The van der Waals surface area contributed by atoms with Gasteiger partial charge in [0.2, 0.25) is 5.91 Å². The normalized spacial score (nSPS) is 14.6. The lowest BCUT2D eigenvalue weighted by Gasteiger charge is -2.30. The molecular formula is C21H28N4O5S. The van der Waals surface area contributed by atoms with Crippen molar-refractivity contribution < 1.29 is 19.1 Å². The average molecular weight is 449 g/mol. The summed E-state index contributed by atoms with van der Waals surface area (Å²) in [5, 5.41) is 3.11. The molecule has 2 aromatic heterocycles. The van der Waals surface area contributed by atoms with Gasteiger partial charge in [-0.05, 0) is 38.7 Å².